The summed E-state index contributed by atoms with van der Waals surface area (Å²) in [7, 11) is -3.63. The molecule has 0 amide bonds. The number of aliphatic hydroxyl groups is 1. The summed E-state index contributed by atoms with van der Waals surface area (Å²) in [6.45, 7) is 1.52. The first-order valence-corrected chi connectivity index (χ1v) is 7.47. The van der Waals surface area contributed by atoms with Gasteiger partial charge in [-0.15, -0.1) is 11.3 Å². The Morgan fingerprint density at radius 1 is 1.39 bits per heavy atom. The average molecular weight is 284 g/mol. The Balaban J connectivity index is 2.33. The van der Waals surface area contributed by atoms with E-state index in [1.807, 2.05) is 0 Å². The minimum Gasteiger partial charge on any atom is -0.392 e. The van der Waals surface area contributed by atoms with Crippen molar-refractivity contribution in [1.82, 2.24) is 4.98 Å². The molecule has 1 aromatic carbocycles. The van der Waals surface area contributed by atoms with E-state index in [0.29, 0.717) is 16.3 Å². The lowest BCUT2D eigenvalue weighted by molar-refractivity contribution is 0.282. The maximum Gasteiger partial charge on any atom is 0.273 e. The summed E-state index contributed by atoms with van der Waals surface area (Å²) in [6.07, 6.45) is 1.32. The fourth-order valence-electron chi connectivity index (χ4n) is 1.42. The highest BCUT2D eigenvalue weighted by molar-refractivity contribution is 7.94. The molecule has 7 heteroatoms. The van der Waals surface area contributed by atoms with Crippen molar-refractivity contribution in [2.75, 3.05) is 4.72 Å². The molecule has 1 aromatic heterocycles. The second kappa shape index (κ2) is 5.05. The van der Waals surface area contributed by atoms with E-state index in [-0.39, 0.29) is 10.8 Å². The lowest BCUT2D eigenvalue weighted by atomic mass is 10.2. The smallest absolute Gasteiger partial charge is 0.273 e. The molecular formula is C11H12N2O3S2. The normalized spacial score (nSPS) is 11.4. The SMILES string of the molecule is Cc1ncc(S(=O)(=O)Nc2ccccc2CO)s1. The van der Waals surface area contributed by atoms with Gasteiger partial charge in [-0.2, -0.15) is 0 Å². The standard InChI is InChI=1S/C11H12N2O3S2/c1-8-12-6-11(17-8)18(15,16)13-10-5-3-2-4-9(10)7-14/h2-6,13-14H,7H2,1H3. The first-order chi connectivity index (χ1) is 8.53. The lowest BCUT2D eigenvalue weighted by Gasteiger charge is -2.09. The van der Waals surface area contributed by atoms with E-state index in [2.05, 4.69) is 9.71 Å². The molecule has 0 atom stereocenters. The van der Waals surface area contributed by atoms with E-state index in [4.69, 9.17) is 5.11 Å². The van der Waals surface area contributed by atoms with Crippen molar-refractivity contribution >= 4 is 27.0 Å². The third-order valence-corrected chi connectivity index (χ3v) is 5.04. The van der Waals surface area contributed by atoms with E-state index >= 15 is 0 Å². The number of aryl methyl sites for hydroxylation is 1. The number of sulfonamides is 1. The highest BCUT2D eigenvalue weighted by Crippen LogP contribution is 2.23. The number of benzene rings is 1. The van der Waals surface area contributed by atoms with Gasteiger partial charge in [0.15, 0.2) is 4.21 Å². The Morgan fingerprint density at radius 3 is 2.72 bits per heavy atom. The third kappa shape index (κ3) is 2.69. The Kier molecular flexibility index (Phi) is 3.65. The van der Waals surface area contributed by atoms with Gasteiger partial charge in [0.05, 0.1) is 23.5 Å². The molecule has 0 aliphatic carbocycles. The summed E-state index contributed by atoms with van der Waals surface area (Å²) >= 11 is 1.10. The average Bonchev–Trinajstić information content (AvgIpc) is 2.77. The van der Waals surface area contributed by atoms with E-state index in [0.717, 1.165) is 11.3 Å². The van der Waals surface area contributed by atoms with Crippen LogP contribution in [0.4, 0.5) is 5.69 Å². The van der Waals surface area contributed by atoms with Gasteiger partial charge in [-0.3, -0.25) is 4.72 Å². The summed E-state index contributed by atoms with van der Waals surface area (Å²) in [6, 6.07) is 6.71. The highest BCUT2D eigenvalue weighted by Gasteiger charge is 2.18. The third-order valence-electron chi connectivity index (χ3n) is 2.30. The van der Waals surface area contributed by atoms with Crippen molar-refractivity contribution < 1.29 is 13.5 Å². The number of rotatable bonds is 4. The number of hydrogen-bond acceptors (Lipinski definition) is 5. The summed E-state index contributed by atoms with van der Waals surface area (Å²) in [5.41, 5.74) is 0.911. The van der Waals surface area contributed by atoms with Crippen molar-refractivity contribution in [3.63, 3.8) is 0 Å². The largest absolute Gasteiger partial charge is 0.392 e. The Hall–Kier alpha value is -1.44. The molecule has 0 saturated carbocycles. The van der Waals surface area contributed by atoms with Crippen molar-refractivity contribution in [3.05, 3.63) is 41.0 Å². The molecule has 0 saturated heterocycles. The summed E-state index contributed by atoms with van der Waals surface area (Å²) in [5, 5.41) is 9.83. The molecule has 2 N–H and O–H groups in total. The molecule has 0 fully saturated rings. The zero-order chi connectivity index (χ0) is 13.2. The monoisotopic (exact) mass is 284 g/mol. The zero-order valence-electron chi connectivity index (χ0n) is 9.62. The zero-order valence-corrected chi connectivity index (χ0v) is 11.3. The lowest BCUT2D eigenvalue weighted by Crippen LogP contribution is -2.12. The number of thiazole rings is 1. The van der Waals surface area contributed by atoms with Crippen LogP contribution in [-0.4, -0.2) is 18.5 Å². The molecule has 0 unspecified atom stereocenters. The molecule has 2 rings (SSSR count). The molecule has 18 heavy (non-hydrogen) atoms. The molecule has 0 aliphatic heterocycles. The van der Waals surface area contributed by atoms with Gasteiger partial charge in [-0.05, 0) is 13.0 Å². The summed E-state index contributed by atoms with van der Waals surface area (Å²) < 4.78 is 26.7. The summed E-state index contributed by atoms with van der Waals surface area (Å²) in [5.74, 6) is 0. The number of nitrogens with one attached hydrogen (secondary N) is 1. The topological polar surface area (TPSA) is 79.3 Å². The van der Waals surface area contributed by atoms with Gasteiger partial charge in [0.1, 0.15) is 0 Å². The second-order valence-corrected chi connectivity index (χ2v) is 6.76. The number of aliphatic hydroxyl groups excluding tert-OH is 1. The molecular weight excluding hydrogens is 272 g/mol. The van der Waals surface area contributed by atoms with Crippen LogP contribution in [0, 0.1) is 6.92 Å². The molecule has 0 bridgehead atoms. The van der Waals surface area contributed by atoms with Gasteiger partial charge in [0, 0.05) is 5.56 Å². The molecule has 0 aliphatic rings. The van der Waals surface area contributed by atoms with Crippen molar-refractivity contribution in [3.8, 4) is 0 Å². The maximum atomic E-state index is 12.1. The highest BCUT2D eigenvalue weighted by atomic mass is 32.2. The van der Waals surface area contributed by atoms with Gasteiger partial charge in [0.25, 0.3) is 10.0 Å². The van der Waals surface area contributed by atoms with Crippen LogP contribution >= 0.6 is 11.3 Å². The van der Waals surface area contributed by atoms with Crippen molar-refractivity contribution in [2.45, 2.75) is 17.7 Å². The minimum atomic E-state index is -3.63. The van der Waals surface area contributed by atoms with Crippen LogP contribution in [-0.2, 0) is 16.6 Å². The van der Waals surface area contributed by atoms with Crippen LogP contribution in [0.15, 0.2) is 34.7 Å². The predicted molar refractivity (Wildman–Crippen MR) is 70.0 cm³/mol. The van der Waals surface area contributed by atoms with Crippen LogP contribution in [0.3, 0.4) is 0 Å². The van der Waals surface area contributed by atoms with Crippen molar-refractivity contribution in [1.29, 1.82) is 0 Å². The number of anilines is 1. The van der Waals surface area contributed by atoms with E-state index in [9.17, 15) is 8.42 Å². The summed E-state index contributed by atoms with van der Waals surface area (Å²) in [4.78, 5) is 3.92. The van der Waals surface area contributed by atoms with Gasteiger partial charge in [-0.1, -0.05) is 18.2 Å². The van der Waals surface area contributed by atoms with Crippen LogP contribution in [0.1, 0.15) is 10.6 Å². The van der Waals surface area contributed by atoms with Crippen molar-refractivity contribution in [2.24, 2.45) is 0 Å². The quantitative estimate of drug-likeness (QED) is 0.896. The number of nitrogens with zero attached hydrogens (tertiary/aromatic N) is 1. The van der Waals surface area contributed by atoms with Crippen LogP contribution in [0.2, 0.25) is 0 Å². The second-order valence-electron chi connectivity index (χ2n) is 3.62. The molecule has 5 nitrogen and oxygen atoms in total. The molecule has 96 valence electrons. The predicted octanol–water partition coefficient (Wildman–Crippen LogP) is 1.74. The van der Waals surface area contributed by atoms with Gasteiger partial charge < -0.3 is 5.11 Å². The van der Waals surface area contributed by atoms with Crippen LogP contribution < -0.4 is 4.72 Å². The Morgan fingerprint density at radius 2 is 2.11 bits per heavy atom. The first-order valence-electron chi connectivity index (χ1n) is 5.17. The van der Waals surface area contributed by atoms with Gasteiger partial charge >= 0.3 is 0 Å². The fourth-order valence-corrected chi connectivity index (χ4v) is 3.63. The number of para-hydroxylation sites is 1. The minimum absolute atomic E-state index is 0.160. The Bertz CT molecular complexity index is 650. The van der Waals surface area contributed by atoms with Crippen LogP contribution in [0.25, 0.3) is 0 Å². The van der Waals surface area contributed by atoms with Gasteiger partial charge in [-0.25, -0.2) is 13.4 Å². The van der Waals surface area contributed by atoms with E-state index < -0.39 is 10.0 Å². The molecule has 0 spiro atoms. The van der Waals surface area contributed by atoms with E-state index in [1.165, 1.54) is 6.20 Å². The molecule has 1 heterocycles. The number of hydrogen-bond donors (Lipinski definition) is 2. The maximum absolute atomic E-state index is 12.1. The number of aromatic nitrogens is 1. The molecule has 2 aromatic rings. The first kappa shape index (κ1) is 13.0. The van der Waals surface area contributed by atoms with Gasteiger partial charge in [0.2, 0.25) is 0 Å². The van der Waals surface area contributed by atoms with E-state index in [1.54, 1.807) is 31.2 Å². The fraction of sp³-hybridized carbons (Fsp3) is 0.182. The Labute approximate surface area is 109 Å². The van der Waals surface area contributed by atoms with Crippen LogP contribution in [0.5, 0.6) is 0 Å². The molecule has 0 radical (unpaired) electrons.